The molecule has 0 unspecified atom stereocenters. The molecule has 2 N–H and O–H groups in total. The zero-order chi connectivity index (χ0) is 45.7. The van der Waals surface area contributed by atoms with Gasteiger partial charge in [0.15, 0.2) is 0 Å². The fourth-order valence-electron chi connectivity index (χ4n) is 8.16. The highest BCUT2D eigenvalue weighted by Crippen LogP contribution is 2.41. The van der Waals surface area contributed by atoms with Gasteiger partial charge in [-0.15, -0.1) is 0 Å². The van der Waals surface area contributed by atoms with Crippen molar-refractivity contribution >= 4 is 27.4 Å². The molecule has 0 aliphatic heterocycles. The summed E-state index contributed by atoms with van der Waals surface area (Å²) in [5, 5.41) is 14.7. The number of allylic oxidation sites excluding steroid dienone is 4. The van der Waals surface area contributed by atoms with Gasteiger partial charge in [-0.3, -0.25) is 10.5 Å². The lowest BCUT2D eigenvalue weighted by atomic mass is 9.76. The fraction of sp³-hybridized carbons (Fsp3) is 0.414. The molecule has 7 rings (SSSR count). The predicted octanol–water partition coefficient (Wildman–Crippen LogP) is 17.2. The Labute approximate surface area is 370 Å². The van der Waals surface area contributed by atoms with Gasteiger partial charge in [0.2, 0.25) is 0 Å². The monoisotopic (exact) mass is 820 g/mol. The average Bonchev–Trinajstić information content (AvgIpc) is 3.52. The van der Waals surface area contributed by atoms with Gasteiger partial charge < -0.3 is 4.57 Å². The summed E-state index contributed by atoms with van der Waals surface area (Å²) in [5.41, 5.74) is 20.0. The second kappa shape index (κ2) is 19.6. The molecule has 0 atom stereocenters. The summed E-state index contributed by atoms with van der Waals surface area (Å²) in [6, 6.07) is 38.9. The van der Waals surface area contributed by atoms with E-state index in [4.69, 9.17) is 10.5 Å². The van der Waals surface area contributed by atoms with Crippen LogP contribution in [-0.4, -0.2) is 15.1 Å². The van der Waals surface area contributed by atoms with Crippen LogP contribution in [0.25, 0.3) is 33.1 Å². The van der Waals surface area contributed by atoms with Crippen LogP contribution in [0.5, 0.6) is 0 Å². The molecule has 0 saturated heterocycles. The molecular weight excluding hydrogens is 743 g/mol. The summed E-state index contributed by atoms with van der Waals surface area (Å²) in [6.45, 7) is 38.3. The third kappa shape index (κ3) is 11.8. The first-order chi connectivity index (χ1) is 28.5. The summed E-state index contributed by atoms with van der Waals surface area (Å²) in [5.74, 6) is 0. The van der Waals surface area contributed by atoms with Crippen LogP contribution in [0.4, 0.5) is 0 Å². The highest BCUT2D eigenvalue weighted by Gasteiger charge is 2.24. The van der Waals surface area contributed by atoms with Crippen molar-refractivity contribution in [3.8, 4) is 5.69 Å². The van der Waals surface area contributed by atoms with Gasteiger partial charge in [-0.25, -0.2) is 0 Å². The van der Waals surface area contributed by atoms with Crippen LogP contribution in [0.2, 0.25) is 0 Å². The van der Waals surface area contributed by atoms with Crippen LogP contribution >= 0.6 is 0 Å². The Morgan fingerprint density at radius 2 is 1.00 bits per heavy atom. The summed E-state index contributed by atoms with van der Waals surface area (Å²) < 4.78 is 2.43. The van der Waals surface area contributed by atoms with Gasteiger partial charge in [0, 0.05) is 16.5 Å². The van der Waals surface area contributed by atoms with Crippen molar-refractivity contribution in [1.29, 1.82) is 0 Å². The number of fused-ring (bicyclic) bond motifs is 3. The molecule has 5 aromatic carbocycles. The van der Waals surface area contributed by atoms with Crippen molar-refractivity contribution in [3.63, 3.8) is 0 Å². The van der Waals surface area contributed by atoms with Crippen molar-refractivity contribution in [2.75, 3.05) is 0 Å². The third-order valence-electron chi connectivity index (χ3n) is 12.1. The number of hydrogen-bond donors (Lipinski definition) is 2. The maximum absolute atomic E-state index is 6.00. The fourth-order valence-corrected chi connectivity index (χ4v) is 8.16. The lowest BCUT2D eigenvalue weighted by Crippen LogP contribution is -2.14. The first-order valence-electron chi connectivity index (χ1n) is 22.5. The zero-order valence-corrected chi connectivity index (χ0v) is 40.9. The zero-order valence-electron chi connectivity index (χ0n) is 40.9. The number of aromatic nitrogens is 1. The van der Waals surface area contributed by atoms with Crippen molar-refractivity contribution in [3.05, 3.63) is 165 Å². The molecule has 0 radical (unpaired) electrons. The number of benzene rings is 5. The van der Waals surface area contributed by atoms with E-state index in [1.54, 1.807) is 5.57 Å². The van der Waals surface area contributed by atoms with Crippen LogP contribution < -0.4 is 0 Å². The number of rotatable bonds is 4. The van der Waals surface area contributed by atoms with Gasteiger partial charge in [0.05, 0.1) is 11.0 Å². The molecule has 0 amide bonds. The van der Waals surface area contributed by atoms with Crippen LogP contribution in [-0.2, 0) is 22.7 Å². The third-order valence-corrected chi connectivity index (χ3v) is 12.1. The Morgan fingerprint density at radius 1 is 0.508 bits per heavy atom. The quantitative estimate of drug-likeness (QED) is 0.137. The number of aryl methyl sites for hydroxylation is 2. The van der Waals surface area contributed by atoms with Crippen molar-refractivity contribution in [2.24, 2.45) is 5.41 Å². The van der Waals surface area contributed by atoms with Crippen molar-refractivity contribution in [2.45, 2.75) is 153 Å². The van der Waals surface area contributed by atoms with Crippen LogP contribution in [0, 0.1) is 19.3 Å². The SMILES string of the molecule is CC.CC1=C(c2cc(C(C)(C)C)ccc2C)C=C(C(C)(C)C)CC1.Cc1cccc(Cc2ccc(-n3c4ccc(C(C)(C)C)cc4c4cc(C(C)(C)C)ccc43)cc2)c1.OO. The van der Waals surface area contributed by atoms with E-state index in [0.717, 1.165) is 6.42 Å². The van der Waals surface area contributed by atoms with E-state index >= 15 is 0 Å². The van der Waals surface area contributed by atoms with E-state index in [-0.39, 0.29) is 21.7 Å². The maximum Gasteiger partial charge on any atom is 0.0541 e. The van der Waals surface area contributed by atoms with Crippen molar-refractivity contribution in [1.82, 2.24) is 4.57 Å². The molecule has 1 aromatic heterocycles. The molecular formula is C58H77NO2. The minimum absolute atomic E-state index is 0.113. The Kier molecular flexibility index (Phi) is 15.7. The minimum Gasteiger partial charge on any atom is -0.309 e. The average molecular weight is 820 g/mol. The molecule has 1 aliphatic rings. The van der Waals surface area contributed by atoms with Crippen LogP contribution in [0.1, 0.15) is 161 Å². The van der Waals surface area contributed by atoms with E-state index in [1.807, 2.05) is 13.8 Å². The molecule has 3 heteroatoms. The van der Waals surface area contributed by atoms with Gasteiger partial charge >= 0.3 is 0 Å². The van der Waals surface area contributed by atoms with Gasteiger partial charge in [-0.05, 0) is 143 Å². The topological polar surface area (TPSA) is 45.4 Å². The lowest BCUT2D eigenvalue weighted by Gasteiger charge is -2.29. The molecule has 6 aromatic rings. The summed E-state index contributed by atoms with van der Waals surface area (Å²) in [7, 11) is 0. The largest absolute Gasteiger partial charge is 0.309 e. The summed E-state index contributed by atoms with van der Waals surface area (Å²) >= 11 is 0. The standard InChI is InChI=1S/C34H37N.C22H32.C2H6.H2O2/c1-23-9-8-10-25(19-23)20-24-11-15-28(16-12-24)35-31-17-13-26(33(2,3)4)21-29(31)30-22-27(34(5,6)7)14-18-32(30)35;1-15-9-11-17(21(3,4)5)13-19(15)20-14-18(22(6,7)8)12-10-16(20)2;2*1-2/h8-19,21-22H,20H2,1-7H3;9,11,13-14H,10,12H2,1-8H3;1-2H3;1-2H. The molecule has 326 valence electrons. The normalized spacial score (nSPS) is 13.5. The highest BCUT2D eigenvalue weighted by atomic mass is 17.0. The number of hydrogen-bond acceptors (Lipinski definition) is 2. The molecule has 61 heavy (non-hydrogen) atoms. The molecule has 0 saturated carbocycles. The first kappa shape index (κ1) is 49.0. The molecule has 1 heterocycles. The highest BCUT2D eigenvalue weighted by molar-refractivity contribution is 6.09. The molecule has 1 aliphatic carbocycles. The van der Waals surface area contributed by atoms with E-state index in [1.165, 1.54) is 96.0 Å². The Balaban J connectivity index is 0.000000272. The van der Waals surface area contributed by atoms with Crippen LogP contribution in [0.15, 0.2) is 120 Å². The van der Waals surface area contributed by atoms with Gasteiger partial charge in [0.25, 0.3) is 0 Å². The smallest absolute Gasteiger partial charge is 0.0541 e. The van der Waals surface area contributed by atoms with E-state index < -0.39 is 0 Å². The van der Waals surface area contributed by atoms with Gasteiger partial charge in [-0.1, -0.05) is 186 Å². The molecule has 0 bridgehead atoms. The second-order valence-electron chi connectivity index (χ2n) is 21.0. The number of nitrogens with zero attached hydrogens (tertiary/aromatic N) is 1. The minimum atomic E-state index is 0.113. The van der Waals surface area contributed by atoms with Crippen LogP contribution in [0.3, 0.4) is 0 Å². The molecule has 0 fully saturated rings. The second-order valence-corrected chi connectivity index (χ2v) is 21.0. The van der Waals surface area contributed by atoms with E-state index in [2.05, 4.69) is 218 Å². The summed E-state index contributed by atoms with van der Waals surface area (Å²) in [6.07, 6.45) is 5.82. The molecule has 0 spiro atoms. The van der Waals surface area contributed by atoms with Gasteiger partial charge in [0.1, 0.15) is 0 Å². The maximum atomic E-state index is 6.00. The Hall–Kier alpha value is -4.70. The van der Waals surface area contributed by atoms with Gasteiger partial charge in [-0.2, -0.15) is 0 Å². The first-order valence-corrected chi connectivity index (χ1v) is 22.5. The Bertz CT molecular complexity index is 2400. The lowest BCUT2D eigenvalue weighted by molar-refractivity contribution is -0.176. The van der Waals surface area contributed by atoms with Crippen molar-refractivity contribution < 1.29 is 10.5 Å². The predicted molar refractivity (Wildman–Crippen MR) is 268 cm³/mol. The van der Waals surface area contributed by atoms with E-state index in [0.29, 0.717) is 0 Å². The summed E-state index contributed by atoms with van der Waals surface area (Å²) in [4.78, 5) is 0. The Morgan fingerprint density at radius 3 is 1.48 bits per heavy atom. The molecule has 3 nitrogen and oxygen atoms in total. The van der Waals surface area contributed by atoms with E-state index in [9.17, 15) is 0 Å².